The average Bonchev–Trinajstić information content (AvgIpc) is 1.63. The van der Waals surface area contributed by atoms with E-state index in [9.17, 15) is 0 Å². The number of hydrogen-bond acceptors (Lipinski definition) is 3. The van der Waals surface area contributed by atoms with Crippen molar-refractivity contribution in [3.05, 3.63) is 0 Å². The molecule has 0 aromatic heterocycles. The maximum atomic E-state index is 4.29. The van der Waals surface area contributed by atoms with Crippen molar-refractivity contribution in [1.82, 2.24) is 0 Å². The first-order chi connectivity index (χ1) is 4.06. The van der Waals surface area contributed by atoms with Crippen LogP contribution in [-0.4, -0.2) is 5.52 Å². The summed E-state index contributed by atoms with van der Waals surface area (Å²) in [5, 5.41) is 0. The van der Waals surface area contributed by atoms with Gasteiger partial charge >= 0.3 is 0 Å². The molecule has 0 aliphatic carbocycles. The van der Waals surface area contributed by atoms with Crippen LogP contribution in [0.15, 0.2) is 0 Å². The fraction of sp³-hybridized carbons (Fsp3) is 1.00. The van der Waals surface area contributed by atoms with Gasteiger partial charge in [-0.05, 0) is 6.04 Å². The van der Waals surface area contributed by atoms with Crippen LogP contribution in [0.4, 0.5) is 0 Å². The van der Waals surface area contributed by atoms with Gasteiger partial charge in [-0.25, -0.2) is 0 Å². The normalized spacial score (nSPS) is 12.0. The zero-order valence-electron chi connectivity index (χ0n) is 5.67. The molecule has 0 atom stereocenters. The highest BCUT2D eigenvalue weighted by Gasteiger charge is 2.16. The number of hydrogen-bond donors (Lipinski definition) is 3. The first-order valence-electron chi connectivity index (χ1n) is 3.23. The molecule has 56 valence electrons. The molecule has 0 nitrogen and oxygen atoms in total. The van der Waals surface area contributed by atoms with Gasteiger partial charge in [-0.3, -0.25) is 0 Å². The predicted octanol–water partition coefficient (Wildman–Crippen LogP) is 2.90. The Morgan fingerprint density at radius 2 is 1.67 bits per heavy atom. The predicted molar refractivity (Wildman–Crippen MR) is 57.0 cm³/mol. The highest BCUT2D eigenvalue weighted by atomic mass is 32.7. The standard InChI is InChI=1S/C5H14S3Si/c1-2-3-4-5-9(6,7)8/h6-8H,2-5H2,1H3. The molecule has 0 aromatic carbocycles. The van der Waals surface area contributed by atoms with E-state index in [1.807, 2.05) is 0 Å². The SMILES string of the molecule is CCCCC[Si](S)(S)S. The van der Waals surface area contributed by atoms with Crippen molar-refractivity contribution >= 4 is 41.8 Å². The third-order valence-corrected chi connectivity index (χ3v) is 4.15. The Labute approximate surface area is 74.0 Å². The van der Waals surface area contributed by atoms with E-state index in [1.54, 1.807) is 0 Å². The lowest BCUT2D eigenvalue weighted by Gasteiger charge is -2.10. The van der Waals surface area contributed by atoms with Crippen LogP contribution in [0.1, 0.15) is 26.2 Å². The molecule has 0 unspecified atom stereocenters. The first kappa shape index (κ1) is 10.3. The lowest BCUT2D eigenvalue weighted by molar-refractivity contribution is 0.769. The lowest BCUT2D eigenvalue weighted by atomic mass is 10.3. The first-order valence-corrected chi connectivity index (χ1v) is 9.31. The van der Waals surface area contributed by atoms with Crippen molar-refractivity contribution in [1.29, 1.82) is 0 Å². The zero-order valence-corrected chi connectivity index (χ0v) is 9.35. The molecule has 0 heterocycles. The van der Waals surface area contributed by atoms with Crippen LogP contribution in [0.2, 0.25) is 6.04 Å². The Kier molecular flexibility index (Phi) is 5.69. The zero-order chi connectivity index (χ0) is 7.33. The number of thiol groups is 3. The van der Waals surface area contributed by atoms with E-state index in [0.29, 0.717) is 0 Å². The molecular formula is C5H14S3Si. The van der Waals surface area contributed by atoms with Crippen LogP contribution in [-0.2, 0) is 0 Å². The molecule has 0 fully saturated rings. The maximum Gasteiger partial charge on any atom is 0.228 e. The second kappa shape index (κ2) is 4.99. The summed E-state index contributed by atoms with van der Waals surface area (Å²) in [4.78, 5) is 0. The van der Waals surface area contributed by atoms with Crippen molar-refractivity contribution in [2.24, 2.45) is 0 Å². The van der Waals surface area contributed by atoms with Gasteiger partial charge in [0.1, 0.15) is 0 Å². The summed E-state index contributed by atoms with van der Waals surface area (Å²) >= 11 is 12.9. The summed E-state index contributed by atoms with van der Waals surface area (Å²) in [6, 6.07) is 1.11. The van der Waals surface area contributed by atoms with Gasteiger partial charge in [-0.1, -0.05) is 26.2 Å². The largest absolute Gasteiger partial charge is 0.228 e. The Bertz CT molecular complexity index is 69.1. The van der Waals surface area contributed by atoms with Crippen LogP contribution in [0.3, 0.4) is 0 Å². The van der Waals surface area contributed by atoms with Gasteiger partial charge in [0.15, 0.2) is 0 Å². The quantitative estimate of drug-likeness (QED) is 0.345. The highest BCUT2D eigenvalue weighted by Crippen LogP contribution is 2.25. The minimum atomic E-state index is -1.61. The average molecular weight is 198 g/mol. The molecule has 0 aliphatic heterocycles. The summed E-state index contributed by atoms with van der Waals surface area (Å²) in [5.41, 5.74) is -1.61. The molecule has 0 saturated carbocycles. The Hall–Kier alpha value is 1.27. The van der Waals surface area contributed by atoms with Crippen LogP contribution in [0.5, 0.6) is 0 Å². The van der Waals surface area contributed by atoms with E-state index in [2.05, 4.69) is 43.2 Å². The summed E-state index contributed by atoms with van der Waals surface area (Å²) in [7, 11) is 0. The molecule has 0 bridgehead atoms. The molecule has 0 saturated heterocycles. The van der Waals surface area contributed by atoms with Crippen molar-refractivity contribution in [2.45, 2.75) is 32.2 Å². The van der Waals surface area contributed by atoms with E-state index < -0.39 is 5.52 Å². The Morgan fingerprint density at radius 3 is 2.00 bits per heavy atom. The molecule has 0 rings (SSSR count). The molecule has 0 aromatic rings. The van der Waals surface area contributed by atoms with E-state index in [1.165, 1.54) is 19.3 Å². The van der Waals surface area contributed by atoms with Crippen LogP contribution >= 0.6 is 36.2 Å². The van der Waals surface area contributed by atoms with Gasteiger partial charge in [0, 0.05) is 0 Å². The Balaban J connectivity index is 3.07. The summed E-state index contributed by atoms with van der Waals surface area (Å²) in [6.07, 6.45) is 3.79. The fourth-order valence-corrected chi connectivity index (χ4v) is 2.76. The molecule has 4 heteroatoms. The number of unbranched alkanes of at least 4 members (excludes halogenated alkanes) is 2. The second-order valence-electron chi connectivity index (χ2n) is 2.23. The second-order valence-corrected chi connectivity index (χ2v) is 14.3. The van der Waals surface area contributed by atoms with E-state index in [-0.39, 0.29) is 0 Å². The van der Waals surface area contributed by atoms with Crippen molar-refractivity contribution in [3.63, 3.8) is 0 Å². The minimum absolute atomic E-state index is 1.11. The van der Waals surface area contributed by atoms with Gasteiger partial charge in [-0.2, -0.15) is 36.2 Å². The molecule has 0 radical (unpaired) electrons. The number of rotatable bonds is 4. The highest BCUT2D eigenvalue weighted by molar-refractivity contribution is 8.68. The maximum absolute atomic E-state index is 4.29. The van der Waals surface area contributed by atoms with Gasteiger partial charge < -0.3 is 0 Å². The van der Waals surface area contributed by atoms with Gasteiger partial charge in [0.2, 0.25) is 5.52 Å². The molecule has 0 N–H and O–H groups in total. The lowest BCUT2D eigenvalue weighted by Crippen LogP contribution is -2.08. The van der Waals surface area contributed by atoms with Crippen molar-refractivity contribution < 1.29 is 0 Å². The van der Waals surface area contributed by atoms with Crippen molar-refractivity contribution in [3.8, 4) is 0 Å². The molecule has 0 amide bonds. The molecule has 0 aliphatic rings. The molecule has 9 heavy (non-hydrogen) atoms. The van der Waals surface area contributed by atoms with E-state index >= 15 is 0 Å². The topological polar surface area (TPSA) is 0 Å². The van der Waals surface area contributed by atoms with Gasteiger partial charge in [0.05, 0.1) is 0 Å². The van der Waals surface area contributed by atoms with Gasteiger partial charge in [0.25, 0.3) is 0 Å². The summed E-state index contributed by atoms with van der Waals surface area (Å²) in [5.74, 6) is 0. The summed E-state index contributed by atoms with van der Waals surface area (Å²) in [6.45, 7) is 2.19. The van der Waals surface area contributed by atoms with Crippen molar-refractivity contribution in [2.75, 3.05) is 0 Å². The minimum Gasteiger partial charge on any atom is -0.180 e. The fourth-order valence-electron chi connectivity index (χ4n) is 0.612. The van der Waals surface area contributed by atoms with Crippen LogP contribution < -0.4 is 0 Å². The molecular weight excluding hydrogens is 184 g/mol. The Morgan fingerprint density at radius 1 is 1.11 bits per heavy atom. The third kappa shape index (κ3) is 9.27. The van der Waals surface area contributed by atoms with Crippen LogP contribution in [0, 0.1) is 0 Å². The molecule has 0 spiro atoms. The van der Waals surface area contributed by atoms with E-state index in [4.69, 9.17) is 0 Å². The van der Waals surface area contributed by atoms with Crippen LogP contribution in [0.25, 0.3) is 0 Å². The third-order valence-electron chi connectivity index (χ3n) is 1.12. The van der Waals surface area contributed by atoms with Gasteiger partial charge in [-0.15, -0.1) is 0 Å². The van der Waals surface area contributed by atoms with E-state index in [0.717, 1.165) is 6.04 Å². The monoisotopic (exact) mass is 198 g/mol. The summed E-state index contributed by atoms with van der Waals surface area (Å²) < 4.78 is 0. The smallest absolute Gasteiger partial charge is 0.180 e.